The molecule has 0 spiro atoms. The van der Waals surface area contributed by atoms with E-state index in [4.69, 9.17) is 11.6 Å². The fraction of sp³-hybridized carbons (Fsp3) is 0.538. The van der Waals surface area contributed by atoms with E-state index in [9.17, 15) is 5.11 Å². The van der Waals surface area contributed by atoms with Crippen molar-refractivity contribution in [1.82, 2.24) is 5.32 Å². The van der Waals surface area contributed by atoms with Crippen LogP contribution in [0.4, 0.5) is 0 Å². The highest BCUT2D eigenvalue weighted by atomic mass is 35.5. The Balaban J connectivity index is 2.15. The fourth-order valence-corrected chi connectivity index (χ4v) is 2.58. The van der Waals surface area contributed by atoms with Crippen LogP contribution in [0.25, 0.3) is 0 Å². The third kappa shape index (κ3) is 2.40. The number of nitrogens with one attached hydrogen (secondary N) is 1. The molecule has 1 heterocycles. The van der Waals surface area contributed by atoms with Crippen LogP contribution >= 0.6 is 11.6 Å². The zero-order valence-electron chi connectivity index (χ0n) is 9.70. The molecule has 16 heavy (non-hydrogen) atoms. The van der Waals surface area contributed by atoms with Gasteiger partial charge in [0.1, 0.15) is 0 Å². The molecule has 2 rings (SSSR count). The van der Waals surface area contributed by atoms with Gasteiger partial charge in [0.15, 0.2) is 0 Å². The van der Waals surface area contributed by atoms with E-state index < -0.39 is 6.10 Å². The van der Waals surface area contributed by atoms with Gasteiger partial charge in [-0.2, -0.15) is 0 Å². The third-order valence-corrected chi connectivity index (χ3v) is 3.61. The van der Waals surface area contributed by atoms with E-state index in [1.807, 2.05) is 24.3 Å². The van der Waals surface area contributed by atoms with Crippen LogP contribution in [-0.4, -0.2) is 16.7 Å². The van der Waals surface area contributed by atoms with Crippen molar-refractivity contribution in [2.75, 3.05) is 0 Å². The number of aliphatic hydroxyl groups excluding tert-OH is 1. The largest absolute Gasteiger partial charge is 0.387 e. The van der Waals surface area contributed by atoms with E-state index in [-0.39, 0.29) is 11.6 Å². The van der Waals surface area contributed by atoms with Crippen molar-refractivity contribution in [2.45, 2.75) is 44.4 Å². The Morgan fingerprint density at radius 3 is 2.69 bits per heavy atom. The Kier molecular flexibility index (Phi) is 3.24. The lowest BCUT2D eigenvalue weighted by Crippen LogP contribution is -2.40. The zero-order valence-corrected chi connectivity index (χ0v) is 10.5. The van der Waals surface area contributed by atoms with E-state index >= 15 is 0 Å². The van der Waals surface area contributed by atoms with Crippen LogP contribution in [0, 0.1) is 0 Å². The Labute approximate surface area is 102 Å². The molecule has 1 aromatic carbocycles. The predicted molar refractivity (Wildman–Crippen MR) is 66.6 cm³/mol. The molecule has 1 aliphatic heterocycles. The van der Waals surface area contributed by atoms with Gasteiger partial charge in [0, 0.05) is 22.2 Å². The zero-order chi connectivity index (χ0) is 11.8. The Morgan fingerprint density at radius 1 is 1.44 bits per heavy atom. The maximum Gasteiger partial charge on any atom is 0.0957 e. The number of hydrogen-bond donors (Lipinski definition) is 2. The molecule has 88 valence electrons. The van der Waals surface area contributed by atoms with Crippen molar-refractivity contribution in [3.05, 3.63) is 34.9 Å². The molecular weight excluding hydrogens is 222 g/mol. The lowest BCUT2D eigenvalue weighted by molar-refractivity contribution is 0.132. The van der Waals surface area contributed by atoms with Crippen molar-refractivity contribution >= 4 is 11.6 Å². The van der Waals surface area contributed by atoms with Gasteiger partial charge in [0.2, 0.25) is 0 Å². The molecule has 1 aromatic rings. The van der Waals surface area contributed by atoms with Crippen molar-refractivity contribution in [1.29, 1.82) is 0 Å². The van der Waals surface area contributed by atoms with Gasteiger partial charge in [-0.05, 0) is 32.8 Å². The van der Waals surface area contributed by atoms with Gasteiger partial charge < -0.3 is 10.4 Å². The Bertz CT molecular complexity index is 378. The molecule has 1 aliphatic rings. The van der Waals surface area contributed by atoms with Crippen LogP contribution in [0.2, 0.25) is 5.02 Å². The first-order valence-corrected chi connectivity index (χ1v) is 6.07. The number of hydrogen-bond acceptors (Lipinski definition) is 2. The van der Waals surface area contributed by atoms with Gasteiger partial charge in [-0.25, -0.2) is 0 Å². The maximum atomic E-state index is 10.3. The molecule has 0 saturated carbocycles. The fourth-order valence-electron chi connectivity index (χ4n) is 2.33. The Hall–Kier alpha value is -0.570. The van der Waals surface area contributed by atoms with Crippen LogP contribution in [0.15, 0.2) is 24.3 Å². The van der Waals surface area contributed by atoms with E-state index in [0.29, 0.717) is 5.02 Å². The quantitative estimate of drug-likeness (QED) is 0.832. The number of benzene rings is 1. The number of halogens is 1. The average Bonchev–Trinajstić information content (AvgIpc) is 2.59. The minimum absolute atomic E-state index is 0.106. The van der Waals surface area contributed by atoms with Crippen molar-refractivity contribution in [2.24, 2.45) is 0 Å². The summed E-state index contributed by atoms with van der Waals surface area (Å²) in [7, 11) is 0. The van der Waals surface area contributed by atoms with Crippen molar-refractivity contribution in [3.8, 4) is 0 Å². The maximum absolute atomic E-state index is 10.3. The van der Waals surface area contributed by atoms with Crippen molar-refractivity contribution < 1.29 is 5.11 Å². The Morgan fingerprint density at radius 2 is 2.12 bits per heavy atom. The highest BCUT2D eigenvalue weighted by Crippen LogP contribution is 2.32. The summed E-state index contributed by atoms with van der Waals surface area (Å²) in [5.41, 5.74) is 0.937. The van der Waals surface area contributed by atoms with Gasteiger partial charge in [-0.15, -0.1) is 0 Å². The van der Waals surface area contributed by atoms with Gasteiger partial charge in [0.05, 0.1) is 6.10 Å². The van der Waals surface area contributed by atoms with E-state index in [2.05, 4.69) is 19.2 Å². The minimum atomic E-state index is -0.518. The molecule has 0 amide bonds. The highest BCUT2D eigenvalue weighted by Gasteiger charge is 2.34. The van der Waals surface area contributed by atoms with Crippen LogP contribution in [0.1, 0.15) is 38.4 Å². The standard InChI is InChI=1S/C13H18ClNO/c1-13(2)8-7-11(15-13)12(16)9-5-3-4-6-10(9)14/h3-6,11-12,15-16H,7-8H2,1-2H3/t11?,12-/m1/s1. The normalized spacial score (nSPS) is 25.6. The van der Waals surface area contributed by atoms with E-state index in [1.54, 1.807) is 0 Å². The molecule has 1 fully saturated rings. The summed E-state index contributed by atoms with van der Waals surface area (Å²) in [6.45, 7) is 4.32. The van der Waals surface area contributed by atoms with E-state index in [0.717, 1.165) is 18.4 Å². The number of rotatable bonds is 2. The summed E-state index contributed by atoms with van der Waals surface area (Å²) in [6, 6.07) is 7.60. The number of aliphatic hydroxyl groups is 1. The monoisotopic (exact) mass is 239 g/mol. The van der Waals surface area contributed by atoms with Crippen LogP contribution in [-0.2, 0) is 0 Å². The third-order valence-electron chi connectivity index (χ3n) is 3.26. The molecule has 2 N–H and O–H groups in total. The second-order valence-electron chi connectivity index (χ2n) is 5.14. The molecule has 1 unspecified atom stereocenters. The molecule has 2 nitrogen and oxygen atoms in total. The summed E-state index contributed by atoms with van der Waals surface area (Å²) in [4.78, 5) is 0. The SMILES string of the molecule is CC1(C)CCC([C@H](O)c2ccccc2Cl)N1. The molecule has 0 radical (unpaired) electrons. The van der Waals surface area contributed by atoms with Crippen LogP contribution in [0.3, 0.4) is 0 Å². The van der Waals surface area contributed by atoms with Crippen molar-refractivity contribution in [3.63, 3.8) is 0 Å². The van der Waals surface area contributed by atoms with Gasteiger partial charge >= 0.3 is 0 Å². The average molecular weight is 240 g/mol. The first-order valence-electron chi connectivity index (χ1n) is 5.70. The molecule has 0 aliphatic carbocycles. The molecule has 0 bridgehead atoms. The lowest BCUT2D eigenvalue weighted by atomic mass is 10.00. The topological polar surface area (TPSA) is 32.3 Å². The summed E-state index contributed by atoms with van der Waals surface area (Å²) in [5.74, 6) is 0. The van der Waals surface area contributed by atoms with Crippen LogP contribution in [0.5, 0.6) is 0 Å². The molecule has 1 saturated heterocycles. The smallest absolute Gasteiger partial charge is 0.0957 e. The molecular formula is C13H18ClNO. The minimum Gasteiger partial charge on any atom is -0.387 e. The van der Waals surface area contributed by atoms with Gasteiger partial charge in [-0.1, -0.05) is 29.8 Å². The predicted octanol–water partition coefficient (Wildman–Crippen LogP) is 2.90. The first-order chi connectivity index (χ1) is 7.49. The van der Waals surface area contributed by atoms with E-state index in [1.165, 1.54) is 0 Å². The molecule has 2 atom stereocenters. The molecule has 0 aromatic heterocycles. The van der Waals surface area contributed by atoms with Gasteiger partial charge in [-0.3, -0.25) is 0 Å². The summed E-state index contributed by atoms with van der Waals surface area (Å²) in [6.07, 6.45) is 1.55. The second kappa shape index (κ2) is 4.36. The summed E-state index contributed by atoms with van der Waals surface area (Å²) in [5, 5.41) is 14.4. The van der Waals surface area contributed by atoms with Crippen LogP contribution < -0.4 is 5.32 Å². The molecule has 3 heteroatoms. The van der Waals surface area contributed by atoms with Gasteiger partial charge in [0.25, 0.3) is 0 Å². The summed E-state index contributed by atoms with van der Waals surface area (Å²) >= 11 is 6.08. The highest BCUT2D eigenvalue weighted by molar-refractivity contribution is 6.31. The summed E-state index contributed by atoms with van der Waals surface area (Å²) < 4.78 is 0. The lowest BCUT2D eigenvalue weighted by Gasteiger charge is -2.24. The second-order valence-corrected chi connectivity index (χ2v) is 5.55. The first kappa shape index (κ1) is 11.9.